The van der Waals surface area contributed by atoms with Crippen LogP contribution in [0.3, 0.4) is 0 Å². The maximum absolute atomic E-state index is 12.0. The number of amides is 1. The van der Waals surface area contributed by atoms with E-state index in [2.05, 4.69) is 5.32 Å². The van der Waals surface area contributed by atoms with Crippen LogP contribution in [0.4, 0.5) is 5.69 Å². The molecule has 0 aliphatic heterocycles. The molecule has 0 atom stereocenters. The van der Waals surface area contributed by atoms with Gasteiger partial charge in [0, 0.05) is 12.6 Å². The van der Waals surface area contributed by atoms with Crippen molar-refractivity contribution in [1.82, 2.24) is 4.90 Å². The minimum Gasteiger partial charge on any atom is -0.395 e. The maximum Gasteiger partial charge on any atom is 0.238 e. The van der Waals surface area contributed by atoms with E-state index in [9.17, 15) is 4.79 Å². The van der Waals surface area contributed by atoms with E-state index >= 15 is 0 Å². The van der Waals surface area contributed by atoms with Crippen molar-refractivity contribution in [1.29, 1.82) is 0 Å². The minimum atomic E-state index is -0.229. The van der Waals surface area contributed by atoms with E-state index in [1.165, 1.54) is 12.1 Å². The van der Waals surface area contributed by atoms with Gasteiger partial charge in [-0.3, -0.25) is 9.69 Å². The molecular weight excluding hydrogens is 323 g/mol. The van der Waals surface area contributed by atoms with Crippen molar-refractivity contribution >= 4 is 46.4 Å². The molecule has 0 saturated carbocycles. The number of hydrogen-bond acceptors (Lipinski definition) is 3. The summed E-state index contributed by atoms with van der Waals surface area (Å²) in [7, 11) is 0. The highest BCUT2D eigenvalue weighted by Crippen LogP contribution is 2.32. The van der Waals surface area contributed by atoms with Crippen LogP contribution in [0, 0.1) is 0 Å². The van der Waals surface area contributed by atoms with E-state index < -0.39 is 0 Å². The highest BCUT2D eigenvalue weighted by atomic mass is 35.5. The number of rotatable bonds is 6. The summed E-state index contributed by atoms with van der Waals surface area (Å²) in [5.74, 6) is -0.229. The third kappa shape index (κ3) is 5.11. The lowest BCUT2D eigenvalue weighted by molar-refractivity contribution is -0.117. The summed E-state index contributed by atoms with van der Waals surface area (Å²) in [4.78, 5) is 13.8. The van der Waals surface area contributed by atoms with Crippen LogP contribution in [0.15, 0.2) is 12.1 Å². The number of benzene rings is 1. The summed E-state index contributed by atoms with van der Waals surface area (Å²) in [6, 6.07) is 3.14. The molecule has 0 heterocycles. The average Bonchev–Trinajstić information content (AvgIpc) is 2.35. The van der Waals surface area contributed by atoms with Gasteiger partial charge in [-0.1, -0.05) is 34.8 Å². The van der Waals surface area contributed by atoms with Crippen LogP contribution in [0.2, 0.25) is 15.1 Å². The van der Waals surface area contributed by atoms with Crippen molar-refractivity contribution < 1.29 is 9.90 Å². The molecule has 1 aromatic rings. The number of halogens is 3. The Morgan fingerprint density at radius 3 is 2.40 bits per heavy atom. The number of anilines is 1. The molecule has 0 aliphatic rings. The van der Waals surface area contributed by atoms with Crippen molar-refractivity contribution in [2.75, 3.05) is 25.0 Å². The van der Waals surface area contributed by atoms with E-state index in [0.29, 0.717) is 27.3 Å². The van der Waals surface area contributed by atoms with Gasteiger partial charge in [0.05, 0.1) is 33.9 Å². The van der Waals surface area contributed by atoms with Crippen LogP contribution in [0.25, 0.3) is 0 Å². The molecule has 112 valence electrons. The fourth-order valence-electron chi connectivity index (χ4n) is 1.64. The predicted molar refractivity (Wildman–Crippen MR) is 83.9 cm³/mol. The standard InChI is InChI=1S/C13H17Cl3N2O2/c1-8(2)18(3-4-19)7-13(20)17-12-6-10(15)9(14)5-11(12)16/h5-6,8,19H,3-4,7H2,1-2H3,(H,17,20). The number of aliphatic hydroxyl groups is 1. The summed E-state index contributed by atoms with van der Waals surface area (Å²) in [6.07, 6.45) is 0. The molecule has 1 aromatic carbocycles. The van der Waals surface area contributed by atoms with E-state index in [0.717, 1.165) is 0 Å². The Hall–Kier alpha value is -0.520. The lowest BCUT2D eigenvalue weighted by Crippen LogP contribution is -2.39. The molecule has 7 heteroatoms. The highest BCUT2D eigenvalue weighted by Gasteiger charge is 2.15. The largest absolute Gasteiger partial charge is 0.395 e. The summed E-state index contributed by atoms with van der Waals surface area (Å²) in [5, 5.41) is 12.6. The zero-order chi connectivity index (χ0) is 15.3. The van der Waals surface area contributed by atoms with Gasteiger partial charge < -0.3 is 10.4 Å². The predicted octanol–water partition coefficient (Wildman–Crippen LogP) is 3.29. The zero-order valence-electron chi connectivity index (χ0n) is 11.3. The minimum absolute atomic E-state index is 0.00100. The van der Waals surface area contributed by atoms with Crippen LogP contribution in [0.5, 0.6) is 0 Å². The molecule has 0 bridgehead atoms. The van der Waals surface area contributed by atoms with Gasteiger partial charge in [0.25, 0.3) is 0 Å². The van der Waals surface area contributed by atoms with Crippen molar-refractivity contribution in [2.24, 2.45) is 0 Å². The number of carbonyl (C=O) groups is 1. The maximum atomic E-state index is 12.0. The summed E-state index contributed by atoms with van der Waals surface area (Å²) < 4.78 is 0. The van der Waals surface area contributed by atoms with Crippen molar-refractivity contribution in [3.8, 4) is 0 Å². The Bertz CT molecular complexity index is 481. The molecule has 2 N–H and O–H groups in total. The van der Waals surface area contributed by atoms with E-state index in [4.69, 9.17) is 39.9 Å². The Morgan fingerprint density at radius 2 is 1.85 bits per heavy atom. The fraction of sp³-hybridized carbons (Fsp3) is 0.462. The Morgan fingerprint density at radius 1 is 1.25 bits per heavy atom. The number of carbonyl (C=O) groups excluding carboxylic acids is 1. The van der Waals surface area contributed by atoms with Crippen LogP contribution < -0.4 is 5.32 Å². The molecule has 0 unspecified atom stereocenters. The normalized spacial score (nSPS) is 11.2. The first-order valence-corrected chi connectivity index (χ1v) is 7.27. The number of aliphatic hydroxyl groups excluding tert-OH is 1. The SMILES string of the molecule is CC(C)N(CCO)CC(=O)Nc1cc(Cl)c(Cl)cc1Cl. The first-order chi connectivity index (χ1) is 9.35. The lowest BCUT2D eigenvalue weighted by atomic mass is 10.3. The second kappa shape index (κ2) is 8.05. The van der Waals surface area contributed by atoms with E-state index in [-0.39, 0.29) is 25.1 Å². The lowest BCUT2D eigenvalue weighted by Gasteiger charge is -2.24. The molecular formula is C13H17Cl3N2O2. The summed E-state index contributed by atoms with van der Waals surface area (Å²) in [6.45, 7) is 4.50. The van der Waals surface area contributed by atoms with Crippen molar-refractivity contribution in [3.63, 3.8) is 0 Å². The number of nitrogens with zero attached hydrogens (tertiary/aromatic N) is 1. The topological polar surface area (TPSA) is 52.6 Å². The van der Waals surface area contributed by atoms with Gasteiger partial charge in [0.1, 0.15) is 0 Å². The van der Waals surface area contributed by atoms with Gasteiger partial charge in [-0.15, -0.1) is 0 Å². The molecule has 0 aliphatic carbocycles. The van der Waals surface area contributed by atoms with E-state index in [1.54, 1.807) is 0 Å². The Labute approximate surface area is 133 Å². The van der Waals surface area contributed by atoms with Gasteiger partial charge in [-0.2, -0.15) is 0 Å². The second-order valence-electron chi connectivity index (χ2n) is 4.58. The monoisotopic (exact) mass is 338 g/mol. The molecule has 0 saturated heterocycles. The van der Waals surface area contributed by atoms with Crippen molar-refractivity contribution in [2.45, 2.75) is 19.9 Å². The van der Waals surface area contributed by atoms with Crippen LogP contribution >= 0.6 is 34.8 Å². The fourth-order valence-corrected chi connectivity index (χ4v) is 2.23. The van der Waals surface area contributed by atoms with Crippen LogP contribution in [-0.2, 0) is 4.79 Å². The third-order valence-electron chi connectivity index (χ3n) is 2.75. The zero-order valence-corrected chi connectivity index (χ0v) is 13.6. The van der Waals surface area contributed by atoms with E-state index in [1.807, 2.05) is 18.7 Å². The smallest absolute Gasteiger partial charge is 0.238 e. The van der Waals surface area contributed by atoms with Gasteiger partial charge >= 0.3 is 0 Å². The van der Waals surface area contributed by atoms with Gasteiger partial charge in [-0.05, 0) is 26.0 Å². The molecule has 1 amide bonds. The summed E-state index contributed by atoms with van der Waals surface area (Å²) in [5.41, 5.74) is 0.416. The molecule has 0 fully saturated rings. The van der Waals surface area contributed by atoms with Crippen LogP contribution in [0.1, 0.15) is 13.8 Å². The quantitative estimate of drug-likeness (QED) is 0.782. The van der Waals surface area contributed by atoms with Gasteiger partial charge in [0.15, 0.2) is 0 Å². The number of nitrogens with one attached hydrogen (secondary N) is 1. The highest BCUT2D eigenvalue weighted by molar-refractivity contribution is 6.44. The molecule has 4 nitrogen and oxygen atoms in total. The summed E-state index contributed by atoms with van der Waals surface area (Å²) >= 11 is 17.7. The average molecular weight is 340 g/mol. The molecule has 0 aromatic heterocycles. The molecule has 1 rings (SSSR count). The molecule has 0 radical (unpaired) electrons. The third-order valence-corrected chi connectivity index (χ3v) is 3.78. The Balaban J connectivity index is 2.73. The van der Waals surface area contributed by atoms with Gasteiger partial charge in [-0.25, -0.2) is 0 Å². The molecule has 20 heavy (non-hydrogen) atoms. The van der Waals surface area contributed by atoms with Crippen molar-refractivity contribution in [3.05, 3.63) is 27.2 Å². The van der Waals surface area contributed by atoms with Gasteiger partial charge in [0.2, 0.25) is 5.91 Å². The molecule has 0 spiro atoms. The van der Waals surface area contributed by atoms with Crippen LogP contribution in [-0.4, -0.2) is 41.7 Å². The first kappa shape index (κ1) is 17.5. The number of hydrogen-bond donors (Lipinski definition) is 2. The first-order valence-electron chi connectivity index (χ1n) is 6.14. The Kier molecular flexibility index (Phi) is 7.06. The second-order valence-corrected chi connectivity index (χ2v) is 5.80.